The zero-order valence-electron chi connectivity index (χ0n) is 21.5. The van der Waals surface area contributed by atoms with Crippen molar-refractivity contribution >= 4 is 33.7 Å². The van der Waals surface area contributed by atoms with Crippen LogP contribution in [0, 0.1) is 0 Å². The van der Waals surface area contributed by atoms with Gasteiger partial charge in [0.1, 0.15) is 11.9 Å². The van der Waals surface area contributed by atoms with Gasteiger partial charge in [-0.2, -0.15) is 13.2 Å². The number of piperazine rings is 1. The first kappa shape index (κ1) is 27.7. The molecule has 1 aliphatic rings. The Balaban J connectivity index is 1.56. The van der Waals surface area contributed by atoms with E-state index >= 15 is 0 Å². The Morgan fingerprint density at radius 3 is 2.53 bits per heavy atom. The number of anilines is 3. The molecule has 204 valence electrons. The number of nitrogens with zero attached hydrogens (tertiary/aromatic N) is 2. The van der Waals surface area contributed by atoms with E-state index in [0.717, 1.165) is 55.7 Å². The van der Waals surface area contributed by atoms with Crippen molar-refractivity contribution in [1.82, 2.24) is 9.80 Å². The number of rotatable bonds is 8. The van der Waals surface area contributed by atoms with Gasteiger partial charge in [0.25, 0.3) is 0 Å². The predicted octanol–water partition coefficient (Wildman–Crippen LogP) is 5.77. The standard InChI is InChI=1S/C27H31F3N4O3S/c1-17(19-6-4-5-7-20(19)27(28,29)30)37-23-15-24(38-25(23)26(35)36-3)32-22-14-18(8-9-21(22)31)16-34-12-10-33(2)11-13-34/h4-9,14-15,17,32H,10-13,16,31H2,1-3H3. The lowest BCUT2D eigenvalue weighted by Gasteiger charge is -2.32. The van der Waals surface area contributed by atoms with E-state index in [2.05, 4.69) is 22.2 Å². The Labute approximate surface area is 223 Å². The van der Waals surface area contributed by atoms with Crippen molar-refractivity contribution in [1.29, 1.82) is 0 Å². The van der Waals surface area contributed by atoms with Gasteiger partial charge in [0.05, 0.1) is 29.0 Å². The Bertz CT molecular complexity index is 1270. The molecule has 0 saturated carbocycles. The van der Waals surface area contributed by atoms with Crippen LogP contribution < -0.4 is 15.8 Å². The smallest absolute Gasteiger partial charge is 0.416 e. The lowest BCUT2D eigenvalue weighted by atomic mass is 10.0. The number of benzene rings is 2. The summed E-state index contributed by atoms with van der Waals surface area (Å²) in [7, 11) is 3.35. The van der Waals surface area contributed by atoms with Crippen molar-refractivity contribution in [2.75, 3.05) is 51.4 Å². The van der Waals surface area contributed by atoms with Gasteiger partial charge in [-0.1, -0.05) is 24.3 Å². The first-order valence-corrected chi connectivity index (χ1v) is 13.0. The van der Waals surface area contributed by atoms with Crippen LogP contribution in [-0.2, 0) is 17.5 Å². The minimum atomic E-state index is -4.53. The Kier molecular flexibility index (Phi) is 8.49. The second-order valence-corrected chi connectivity index (χ2v) is 10.3. The molecule has 0 radical (unpaired) electrons. The topological polar surface area (TPSA) is 80.1 Å². The molecule has 1 atom stereocenters. The molecule has 1 aromatic heterocycles. The molecule has 1 saturated heterocycles. The zero-order valence-corrected chi connectivity index (χ0v) is 22.3. The van der Waals surface area contributed by atoms with Gasteiger partial charge in [0, 0.05) is 44.4 Å². The monoisotopic (exact) mass is 548 g/mol. The number of nitrogen functional groups attached to an aromatic ring is 1. The number of halogens is 3. The summed E-state index contributed by atoms with van der Waals surface area (Å²) in [6.45, 7) is 6.28. The van der Waals surface area contributed by atoms with E-state index in [1.54, 1.807) is 6.07 Å². The Morgan fingerprint density at radius 2 is 1.84 bits per heavy atom. The minimum Gasteiger partial charge on any atom is -0.484 e. The molecule has 3 aromatic rings. The summed E-state index contributed by atoms with van der Waals surface area (Å²) in [5, 5.41) is 3.79. The van der Waals surface area contributed by atoms with E-state index in [1.807, 2.05) is 18.2 Å². The van der Waals surface area contributed by atoms with Crippen LogP contribution >= 0.6 is 11.3 Å². The summed E-state index contributed by atoms with van der Waals surface area (Å²) in [5.74, 6) is -0.521. The number of ether oxygens (including phenoxy) is 2. The molecule has 11 heteroatoms. The number of hydrogen-bond donors (Lipinski definition) is 2. The highest BCUT2D eigenvalue weighted by Gasteiger charge is 2.35. The van der Waals surface area contributed by atoms with Crippen LogP contribution in [0.15, 0.2) is 48.5 Å². The van der Waals surface area contributed by atoms with Gasteiger partial charge in [-0.3, -0.25) is 4.90 Å². The van der Waals surface area contributed by atoms with E-state index in [9.17, 15) is 18.0 Å². The van der Waals surface area contributed by atoms with Gasteiger partial charge in [-0.05, 0) is 37.7 Å². The van der Waals surface area contributed by atoms with Crippen LogP contribution in [0.4, 0.5) is 29.5 Å². The number of thiophene rings is 1. The number of alkyl halides is 3. The molecule has 0 spiro atoms. The van der Waals surface area contributed by atoms with Crippen molar-refractivity contribution in [2.24, 2.45) is 0 Å². The maximum atomic E-state index is 13.5. The van der Waals surface area contributed by atoms with E-state index in [-0.39, 0.29) is 16.2 Å². The third-order valence-electron chi connectivity index (χ3n) is 6.45. The number of nitrogens with one attached hydrogen (secondary N) is 1. The minimum absolute atomic E-state index is 0.0302. The quantitative estimate of drug-likeness (QED) is 0.273. The molecular weight excluding hydrogens is 517 g/mol. The molecule has 2 aromatic carbocycles. The summed E-state index contributed by atoms with van der Waals surface area (Å²) in [6.07, 6.45) is -5.51. The third kappa shape index (κ3) is 6.58. The summed E-state index contributed by atoms with van der Waals surface area (Å²) < 4.78 is 51.4. The second-order valence-electron chi connectivity index (χ2n) is 9.27. The molecule has 7 nitrogen and oxygen atoms in total. The summed E-state index contributed by atoms with van der Waals surface area (Å²) >= 11 is 1.08. The van der Waals surface area contributed by atoms with E-state index < -0.39 is 23.8 Å². The van der Waals surface area contributed by atoms with Crippen LogP contribution in [-0.4, -0.2) is 56.1 Å². The first-order chi connectivity index (χ1) is 18.0. The number of nitrogens with two attached hydrogens (primary N) is 1. The highest BCUT2D eigenvalue weighted by Crippen LogP contribution is 2.41. The van der Waals surface area contributed by atoms with Gasteiger partial charge < -0.3 is 25.4 Å². The fraction of sp³-hybridized carbons (Fsp3) is 0.370. The predicted molar refractivity (Wildman–Crippen MR) is 143 cm³/mol. The Hall–Kier alpha value is -3.28. The fourth-order valence-corrected chi connectivity index (χ4v) is 5.25. The highest BCUT2D eigenvalue weighted by atomic mass is 32.1. The van der Waals surface area contributed by atoms with Crippen molar-refractivity contribution in [3.05, 3.63) is 70.1 Å². The molecule has 4 rings (SSSR count). The molecular formula is C27H31F3N4O3S. The van der Waals surface area contributed by atoms with Crippen LogP contribution in [0.5, 0.6) is 5.75 Å². The normalized spacial score (nSPS) is 15.7. The van der Waals surface area contributed by atoms with Crippen molar-refractivity contribution in [2.45, 2.75) is 25.7 Å². The van der Waals surface area contributed by atoms with E-state index in [1.165, 1.54) is 32.2 Å². The molecule has 0 aliphatic carbocycles. The van der Waals surface area contributed by atoms with Gasteiger partial charge in [-0.25, -0.2) is 4.79 Å². The average molecular weight is 549 g/mol. The summed E-state index contributed by atoms with van der Waals surface area (Å²) in [4.78, 5) is 17.3. The first-order valence-electron chi connectivity index (χ1n) is 12.2. The number of carbonyl (C=O) groups excluding carboxylic acids is 1. The van der Waals surface area contributed by atoms with Crippen LogP contribution in [0.25, 0.3) is 0 Å². The number of hydrogen-bond acceptors (Lipinski definition) is 8. The molecule has 0 bridgehead atoms. The lowest BCUT2D eigenvalue weighted by Crippen LogP contribution is -2.43. The van der Waals surface area contributed by atoms with Gasteiger partial charge in [0.15, 0.2) is 4.88 Å². The third-order valence-corrected chi connectivity index (χ3v) is 7.47. The molecule has 0 amide bonds. The van der Waals surface area contributed by atoms with Gasteiger partial charge in [0.2, 0.25) is 0 Å². The van der Waals surface area contributed by atoms with Gasteiger partial charge in [-0.15, -0.1) is 11.3 Å². The second kappa shape index (κ2) is 11.6. The molecule has 1 fully saturated rings. The Morgan fingerprint density at radius 1 is 1.13 bits per heavy atom. The van der Waals surface area contributed by atoms with E-state index in [4.69, 9.17) is 15.2 Å². The van der Waals surface area contributed by atoms with Crippen LogP contribution in [0.2, 0.25) is 0 Å². The number of likely N-dealkylation sites (N-methyl/N-ethyl adjacent to an activating group) is 1. The fourth-order valence-electron chi connectivity index (χ4n) is 4.33. The number of esters is 1. The molecule has 2 heterocycles. The molecule has 1 aliphatic heterocycles. The molecule has 1 unspecified atom stereocenters. The molecule has 3 N–H and O–H groups in total. The SMILES string of the molecule is COC(=O)c1sc(Nc2cc(CN3CCN(C)CC3)ccc2N)cc1OC(C)c1ccccc1C(F)(F)F. The van der Waals surface area contributed by atoms with Crippen LogP contribution in [0.3, 0.4) is 0 Å². The zero-order chi connectivity index (χ0) is 27.4. The number of methoxy groups -OCH3 is 1. The number of carbonyl (C=O) groups is 1. The average Bonchev–Trinajstić information content (AvgIpc) is 3.28. The maximum absolute atomic E-state index is 13.5. The van der Waals surface area contributed by atoms with Crippen molar-refractivity contribution in [3.8, 4) is 5.75 Å². The van der Waals surface area contributed by atoms with Crippen molar-refractivity contribution < 1.29 is 27.4 Å². The largest absolute Gasteiger partial charge is 0.484 e. The highest BCUT2D eigenvalue weighted by molar-refractivity contribution is 7.18. The lowest BCUT2D eigenvalue weighted by molar-refractivity contribution is -0.139. The van der Waals surface area contributed by atoms with Gasteiger partial charge >= 0.3 is 12.1 Å². The summed E-state index contributed by atoms with van der Waals surface area (Å²) in [5.41, 5.74) is 7.68. The van der Waals surface area contributed by atoms with Crippen molar-refractivity contribution in [3.63, 3.8) is 0 Å². The maximum Gasteiger partial charge on any atom is 0.416 e. The van der Waals surface area contributed by atoms with E-state index in [0.29, 0.717) is 16.4 Å². The summed E-state index contributed by atoms with van der Waals surface area (Å²) in [6, 6.07) is 12.6. The van der Waals surface area contributed by atoms with Crippen LogP contribution in [0.1, 0.15) is 39.4 Å². The molecule has 38 heavy (non-hydrogen) atoms.